The zero-order valence-corrected chi connectivity index (χ0v) is 12.2. The van der Waals surface area contributed by atoms with Gasteiger partial charge in [0.05, 0.1) is 5.92 Å². The Morgan fingerprint density at radius 2 is 1.94 bits per heavy atom. The Morgan fingerprint density at radius 3 is 2.33 bits per heavy atom. The van der Waals surface area contributed by atoms with Crippen LogP contribution in [0.5, 0.6) is 0 Å². The molecule has 1 aliphatic carbocycles. The molecule has 1 aliphatic heterocycles. The van der Waals surface area contributed by atoms with Gasteiger partial charge in [0.15, 0.2) is 0 Å². The average Bonchev–Trinajstić information content (AvgIpc) is 2.67. The molecule has 0 spiro atoms. The van der Waals surface area contributed by atoms with Crippen LogP contribution in [0, 0.1) is 11.8 Å². The minimum Gasteiger partial charge on any atom is -0.344 e. The van der Waals surface area contributed by atoms with Gasteiger partial charge in [-0.3, -0.25) is 4.79 Å². The van der Waals surface area contributed by atoms with Gasteiger partial charge in [-0.25, -0.2) is 0 Å². The van der Waals surface area contributed by atoms with E-state index < -0.39 is 0 Å². The summed E-state index contributed by atoms with van der Waals surface area (Å²) in [6, 6.07) is 0. The first-order valence-electron chi connectivity index (χ1n) is 7.09. The summed E-state index contributed by atoms with van der Waals surface area (Å²) in [7, 11) is 6.24. The van der Waals surface area contributed by atoms with E-state index >= 15 is 0 Å². The minimum atomic E-state index is 0.175. The summed E-state index contributed by atoms with van der Waals surface area (Å²) in [5.74, 6) is 0.964. The first-order valence-corrected chi connectivity index (χ1v) is 7.09. The second-order valence-corrected chi connectivity index (χ2v) is 6.41. The molecule has 2 fully saturated rings. The van der Waals surface area contributed by atoms with Gasteiger partial charge < -0.3 is 15.1 Å². The minimum absolute atomic E-state index is 0.175. The standard InChI is InChI=1S/C14H27N3O/c1-11-8-15-9-12(11)13(18)17(4)10-14(16(2)3)6-5-7-14/h11-12,15H,5-10H2,1-4H3/t11-,12-/m1/s1. The van der Waals surface area contributed by atoms with E-state index in [1.54, 1.807) is 0 Å². The Hall–Kier alpha value is -0.610. The van der Waals surface area contributed by atoms with E-state index in [-0.39, 0.29) is 11.5 Å². The maximum atomic E-state index is 12.5. The maximum absolute atomic E-state index is 12.5. The molecule has 104 valence electrons. The van der Waals surface area contributed by atoms with Crippen LogP contribution < -0.4 is 5.32 Å². The van der Waals surface area contributed by atoms with Crippen LogP contribution in [0.2, 0.25) is 0 Å². The molecule has 0 bridgehead atoms. The van der Waals surface area contributed by atoms with Gasteiger partial charge in [0.25, 0.3) is 0 Å². The summed E-state index contributed by atoms with van der Waals surface area (Å²) in [6.07, 6.45) is 3.73. The third kappa shape index (κ3) is 2.41. The molecule has 1 heterocycles. The second-order valence-electron chi connectivity index (χ2n) is 6.41. The second kappa shape index (κ2) is 5.17. The van der Waals surface area contributed by atoms with Crippen molar-refractivity contribution in [1.82, 2.24) is 15.1 Å². The molecule has 4 heteroatoms. The Kier molecular flexibility index (Phi) is 3.97. The summed E-state index contributed by atoms with van der Waals surface area (Å²) < 4.78 is 0. The van der Waals surface area contributed by atoms with E-state index in [1.807, 2.05) is 11.9 Å². The molecule has 18 heavy (non-hydrogen) atoms. The smallest absolute Gasteiger partial charge is 0.227 e. The average molecular weight is 253 g/mol. The Morgan fingerprint density at radius 1 is 1.28 bits per heavy atom. The highest BCUT2D eigenvalue weighted by molar-refractivity contribution is 5.79. The lowest BCUT2D eigenvalue weighted by atomic mass is 9.75. The van der Waals surface area contributed by atoms with Gasteiger partial charge in [0.1, 0.15) is 0 Å². The van der Waals surface area contributed by atoms with Crippen molar-refractivity contribution in [2.75, 3.05) is 40.8 Å². The molecule has 0 aromatic rings. The molecule has 2 rings (SSSR count). The van der Waals surface area contributed by atoms with Crippen LogP contribution in [0.25, 0.3) is 0 Å². The van der Waals surface area contributed by atoms with Crippen molar-refractivity contribution in [3.8, 4) is 0 Å². The molecule has 1 amide bonds. The SMILES string of the molecule is C[C@@H]1CNC[C@H]1C(=O)N(C)CC1(N(C)C)CCC1. The predicted molar refractivity (Wildman–Crippen MR) is 73.4 cm³/mol. The molecular formula is C14H27N3O. The molecule has 1 N–H and O–H groups in total. The highest BCUT2D eigenvalue weighted by atomic mass is 16.2. The van der Waals surface area contributed by atoms with Crippen molar-refractivity contribution in [1.29, 1.82) is 0 Å². The molecule has 0 unspecified atom stereocenters. The van der Waals surface area contributed by atoms with Crippen LogP contribution in [0.4, 0.5) is 0 Å². The van der Waals surface area contributed by atoms with Crippen LogP contribution in [0.15, 0.2) is 0 Å². The van der Waals surface area contributed by atoms with Crippen molar-refractivity contribution in [2.45, 2.75) is 31.7 Å². The van der Waals surface area contributed by atoms with Crippen LogP contribution in [0.1, 0.15) is 26.2 Å². The highest BCUT2D eigenvalue weighted by Gasteiger charge is 2.42. The zero-order chi connectivity index (χ0) is 13.3. The van der Waals surface area contributed by atoms with Crippen molar-refractivity contribution in [2.24, 2.45) is 11.8 Å². The van der Waals surface area contributed by atoms with Crippen molar-refractivity contribution in [3.63, 3.8) is 0 Å². The zero-order valence-electron chi connectivity index (χ0n) is 12.2. The summed E-state index contributed by atoms with van der Waals surface area (Å²) >= 11 is 0. The number of carbonyl (C=O) groups is 1. The predicted octanol–water partition coefficient (Wildman–Crippen LogP) is 0.785. The topological polar surface area (TPSA) is 35.6 Å². The fourth-order valence-corrected chi connectivity index (χ4v) is 3.27. The van der Waals surface area contributed by atoms with Crippen molar-refractivity contribution >= 4 is 5.91 Å². The molecule has 2 atom stereocenters. The number of carbonyl (C=O) groups excluding carboxylic acids is 1. The summed E-state index contributed by atoms with van der Waals surface area (Å²) in [5.41, 5.74) is 0.236. The van der Waals surface area contributed by atoms with E-state index in [9.17, 15) is 4.79 Å². The molecule has 4 nitrogen and oxygen atoms in total. The number of amides is 1. The monoisotopic (exact) mass is 253 g/mol. The van der Waals surface area contributed by atoms with Crippen LogP contribution in [0.3, 0.4) is 0 Å². The largest absolute Gasteiger partial charge is 0.344 e. The van der Waals surface area contributed by atoms with Gasteiger partial charge in [-0.05, 0) is 45.8 Å². The van der Waals surface area contributed by atoms with Gasteiger partial charge in [-0.1, -0.05) is 6.92 Å². The molecular weight excluding hydrogens is 226 g/mol. The van der Waals surface area contributed by atoms with Crippen LogP contribution >= 0.6 is 0 Å². The third-order valence-corrected chi connectivity index (χ3v) is 4.98. The first-order chi connectivity index (χ1) is 8.46. The lowest BCUT2D eigenvalue weighted by Gasteiger charge is -2.49. The molecule has 0 aromatic heterocycles. The number of hydrogen-bond acceptors (Lipinski definition) is 3. The van der Waals surface area contributed by atoms with Gasteiger partial charge in [0.2, 0.25) is 5.91 Å². The Bertz CT molecular complexity index is 312. The summed E-state index contributed by atoms with van der Waals surface area (Å²) in [5, 5.41) is 3.31. The van der Waals surface area contributed by atoms with E-state index in [0.717, 1.165) is 19.6 Å². The fourth-order valence-electron chi connectivity index (χ4n) is 3.27. The first kappa shape index (κ1) is 13.8. The van der Waals surface area contributed by atoms with E-state index in [4.69, 9.17) is 0 Å². The molecule has 1 saturated heterocycles. The van der Waals surface area contributed by atoms with E-state index in [1.165, 1.54) is 19.3 Å². The Balaban J connectivity index is 1.95. The molecule has 2 aliphatic rings. The highest BCUT2D eigenvalue weighted by Crippen LogP contribution is 2.37. The lowest BCUT2D eigenvalue weighted by molar-refractivity contribution is -0.137. The van der Waals surface area contributed by atoms with Crippen molar-refractivity contribution < 1.29 is 4.79 Å². The quantitative estimate of drug-likeness (QED) is 0.804. The number of rotatable bonds is 4. The normalized spacial score (nSPS) is 30.3. The number of nitrogens with one attached hydrogen (secondary N) is 1. The number of likely N-dealkylation sites (N-methyl/N-ethyl adjacent to an activating group) is 2. The third-order valence-electron chi connectivity index (χ3n) is 4.98. The molecule has 0 radical (unpaired) electrons. The fraction of sp³-hybridized carbons (Fsp3) is 0.929. The number of hydrogen-bond donors (Lipinski definition) is 1. The summed E-state index contributed by atoms with van der Waals surface area (Å²) in [4.78, 5) is 16.7. The molecule has 0 aromatic carbocycles. The van der Waals surface area contributed by atoms with Gasteiger partial charge in [-0.2, -0.15) is 0 Å². The molecule has 1 saturated carbocycles. The lowest BCUT2D eigenvalue weighted by Crippen LogP contribution is -2.58. The summed E-state index contributed by atoms with van der Waals surface area (Å²) in [6.45, 7) is 4.87. The van der Waals surface area contributed by atoms with Crippen LogP contribution in [-0.4, -0.2) is 62.0 Å². The van der Waals surface area contributed by atoms with Crippen molar-refractivity contribution in [3.05, 3.63) is 0 Å². The van der Waals surface area contributed by atoms with E-state index in [2.05, 4.69) is 31.2 Å². The van der Waals surface area contributed by atoms with Gasteiger partial charge in [-0.15, -0.1) is 0 Å². The Labute approximate surface area is 111 Å². The van der Waals surface area contributed by atoms with Gasteiger partial charge in [0, 0.05) is 25.7 Å². The van der Waals surface area contributed by atoms with E-state index in [0.29, 0.717) is 11.8 Å². The number of nitrogens with zero attached hydrogens (tertiary/aromatic N) is 2. The van der Waals surface area contributed by atoms with Gasteiger partial charge >= 0.3 is 0 Å². The van der Waals surface area contributed by atoms with Crippen LogP contribution in [-0.2, 0) is 4.79 Å². The maximum Gasteiger partial charge on any atom is 0.227 e.